The van der Waals surface area contributed by atoms with Crippen molar-refractivity contribution in [3.8, 4) is 17.2 Å². The topological polar surface area (TPSA) is 86.3 Å². The number of amides is 1. The van der Waals surface area contributed by atoms with Crippen LogP contribution in [0.3, 0.4) is 0 Å². The van der Waals surface area contributed by atoms with Crippen LogP contribution in [0, 0.1) is 0 Å². The fourth-order valence-corrected chi connectivity index (χ4v) is 5.81. The van der Waals surface area contributed by atoms with Crippen LogP contribution in [0.1, 0.15) is 57.5 Å². The number of anilines is 1. The van der Waals surface area contributed by atoms with E-state index in [9.17, 15) is 9.59 Å². The Hall–Kier alpha value is -3.56. The van der Waals surface area contributed by atoms with Crippen molar-refractivity contribution >= 4 is 28.2 Å². The average Bonchev–Trinajstić information content (AvgIpc) is 3.27. The molecule has 1 aromatic heterocycles. The number of esters is 1. The highest BCUT2D eigenvalue weighted by Gasteiger charge is 2.30. The van der Waals surface area contributed by atoms with Crippen molar-refractivity contribution in [3.05, 3.63) is 69.6 Å². The van der Waals surface area contributed by atoms with Crippen molar-refractivity contribution < 1.29 is 28.5 Å². The molecule has 2 heterocycles. The van der Waals surface area contributed by atoms with E-state index >= 15 is 0 Å². The van der Waals surface area contributed by atoms with Crippen LogP contribution in [0.15, 0.2) is 42.5 Å². The van der Waals surface area contributed by atoms with E-state index in [1.54, 1.807) is 12.1 Å². The van der Waals surface area contributed by atoms with Gasteiger partial charge in [-0.25, -0.2) is 4.79 Å². The first-order valence-electron chi connectivity index (χ1n) is 12.9. The molecule has 0 fully saturated rings. The maximum absolute atomic E-state index is 13.5. The van der Waals surface area contributed by atoms with Crippen molar-refractivity contribution in [2.75, 3.05) is 38.8 Å². The number of methoxy groups -OCH3 is 1. The third kappa shape index (κ3) is 6.11. The number of carbonyl (C=O) groups excluding carboxylic acids is 2. The lowest BCUT2D eigenvalue weighted by atomic mass is 10.0. The van der Waals surface area contributed by atoms with Gasteiger partial charge in [-0.3, -0.25) is 9.69 Å². The van der Waals surface area contributed by atoms with Gasteiger partial charge in [0.05, 0.1) is 32.5 Å². The van der Waals surface area contributed by atoms with Gasteiger partial charge in [0.15, 0.2) is 11.5 Å². The minimum absolute atomic E-state index is 0.341. The first-order valence-corrected chi connectivity index (χ1v) is 13.7. The van der Waals surface area contributed by atoms with Gasteiger partial charge in [-0.2, -0.15) is 0 Å². The summed E-state index contributed by atoms with van der Waals surface area (Å²) in [5.74, 6) is 0.500. The van der Waals surface area contributed by atoms with Gasteiger partial charge in [0, 0.05) is 30.1 Å². The predicted octanol–water partition coefficient (Wildman–Crippen LogP) is 5.54. The molecule has 1 N–H and O–H groups in total. The highest BCUT2D eigenvalue weighted by Crippen LogP contribution is 2.41. The van der Waals surface area contributed by atoms with Crippen LogP contribution in [0.5, 0.6) is 17.2 Å². The lowest BCUT2D eigenvalue weighted by Gasteiger charge is -2.27. The Morgan fingerprint density at radius 2 is 1.63 bits per heavy atom. The van der Waals surface area contributed by atoms with Gasteiger partial charge >= 0.3 is 5.97 Å². The highest BCUT2D eigenvalue weighted by molar-refractivity contribution is 7.17. The molecule has 0 atom stereocenters. The SMILES string of the molecule is CCOc1cc(C(=O)Nc2sc3c(c2C(=O)OC)CCN(Cc2ccccc2)C3)cc(OCC)c1OCC. The smallest absolute Gasteiger partial charge is 0.341 e. The number of nitrogens with zero attached hydrogens (tertiary/aromatic N) is 1. The fourth-order valence-electron chi connectivity index (χ4n) is 4.53. The summed E-state index contributed by atoms with van der Waals surface area (Å²) in [4.78, 5) is 29.7. The van der Waals surface area contributed by atoms with Gasteiger partial charge in [-0.15, -0.1) is 11.3 Å². The van der Waals surface area contributed by atoms with Gasteiger partial charge in [0.1, 0.15) is 5.00 Å². The second-order valence-electron chi connectivity index (χ2n) is 8.70. The summed E-state index contributed by atoms with van der Waals surface area (Å²) in [6.07, 6.45) is 0.699. The van der Waals surface area contributed by atoms with E-state index in [1.807, 2.05) is 39.0 Å². The second kappa shape index (κ2) is 12.8. The third-order valence-corrected chi connectivity index (χ3v) is 7.31. The molecular weight excluding hydrogens is 504 g/mol. The molecule has 0 unspecified atom stereocenters. The van der Waals surface area contributed by atoms with E-state index in [0.717, 1.165) is 23.5 Å². The van der Waals surface area contributed by atoms with E-state index < -0.39 is 5.97 Å². The lowest BCUT2D eigenvalue weighted by Crippen LogP contribution is -2.29. The van der Waals surface area contributed by atoms with Crippen molar-refractivity contribution in [2.45, 2.75) is 40.3 Å². The molecule has 0 radical (unpaired) electrons. The number of rotatable bonds is 11. The van der Waals surface area contributed by atoms with Gasteiger partial charge in [-0.05, 0) is 50.5 Å². The van der Waals surface area contributed by atoms with E-state index in [4.69, 9.17) is 18.9 Å². The normalized spacial score (nSPS) is 12.9. The number of fused-ring (bicyclic) bond motifs is 1. The highest BCUT2D eigenvalue weighted by atomic mass is 32.1. The molecule has 0 saturated carbocycles. The summed E-state index contributed by atoms with van der Waals surface area (Å²) >= 11 is 1.42. The molecule has 2 aromatic carbocycles. The molecule has 8 nitrogen and oxygen atoms in total. The maximum Gasteiger partial charge on any atom is 0.341 e. The van der Waals surface area contributed by atoms with Crippen LogP contribution in [0.4, 0.5) is 5.00 Å². The number of hydrogen-bond donors (Lipinski definition) is 1. The molecule has 4 rings (SSSR count). The molecule has 1 amide bonds. The number of carbonyl (C=O) groups is 2. The number of thiophene rings is 1. The van der Waals surface area contributed by atoms with E-state index in [1.165, 1.54) is 24.0 Å². The molecule has 9 heteroatoms. The number of benzene rings is 2. The summed E-state index contributed by atoms with van der Waals surface area (Å²) in [7, 11) is 1.36. The summed E-state index contributed by atoms with van der Waals surface area (Å²) in [6.45, 7) is 9.16. The first kappa shape index (κ1) is 27.5. The van der Waals surface area contributed by atoms with Crippen LogP contribution in [0.2, 0.25) is 0 Å². The molecule has 38 heavy (non-hydrogen) atoms. The molecule has 202 valence electrons. The van der Waals surface area contributed by atoms with Crippen molar-refractivity contribution in [3.63, 3.8) is 0 Å². The maximum atomic E-state index is 13.5. The van der Waals surface area contributed by atoms with Crippen LogP contribution < -0.4 is 19.5 Å². The van der Waals surface area contributed by atoms with Gasteiger partial charge in [-0.1, -0.05) is 30.3 Å². The van der Waals surface area contributed by atoms with Gasteiger partial charge in [0.2, 0.25) is 5.75 Å². The zero-order valence-corrected chi connectivity index (χ0v) is 23.1. The Kier molecular flexibility index (Phi) is 9.25. The Morgan fingerprint density at radius 1 is 0.974 bits per heavy atom. The number of hydrogen-bond acceptors (Lipinski definition) is 8. The lowest BCUT2D eigenvalue weighted by molar-refractivity contribution is 0.0600. The van der Waals surface area contributed by atoms with Crippen LogP contribution in [-0.2, 0) is 24.2 Å². The summed E-state index contributed by atoms with van der Waals surface area (Å²) in [5, 5.41) is 3.45. The summed E-state index contributed by atoms with van der Waals surface area (Å²) in [5.41, 5.74) is 2.95. The molecule has 0 aliphatic carbocycles. The molecular formula is C29H34N2O6S. The van der Waals surface area contributed by atoms with E-state index in [-0.39, 0.29) is 5.91 Å². The minimum Gasteiger partial charge on any atom is -0.490 e. The third-order valence-electron chi connectivity index (χ3n) is 6.17. The zero-order valence-electron chi connectivity index (χ0n) is 22.3. The molecule has 3 aromatic rings. The molecule has 0 bridgehead atoms. The van der Waals surface area contributed by atoms with Crippen molar-refractivity contribution in [2.24, 2.45) is 0 Å². The Balaban J connectivity index is 1.63. The monoisotopic (exact) mass is 538 g/mol. The number of nitrogens with one attached hydrogen (secondary N) is 1. The van der Waals surface area contributed by atoms with E-state index in [0.29, 0.717) is 66.2 Å². The van der Waals surface area contributed by atoms with E-state index in [2.05, 4.69) is 22.3 Å². The Morgan fingerprint density at radius 3 is 2.24 bits per heavy atom. The Labute approximate surface area is 227 Å². The van der Waals surface area contributed by atoms with Crippen LogP contribution in [-0.4, -0.2) is 50.3 Å². The molecule has 1 aliphatic heterocycles. The largest absolute Gasteiger partial charge is 0.490 e. The minimum atomic E-state index is -0.453. The first-order chi connectivity index (χ1) is 18.5. The number of ether oxygens (including phenoxy) is 4. The molecule has 0 saturated heterocycles. The van der Waals surface area contributed by atoms with Gasteiger partial charge in [0.25, 0.3) is 5.91 Å². The van der Waals surface area contributed by atoms with Crippen LogP contribution in [0.25, 0.3) is 0 Å². The quantitative estimate of drug-likeness (QED) is 0.321. The fraction of sp³-hybridized carbons (Fsp3) is 0.379. The molecule has 0 spiro atoms. The van der Waals surface area contributed by atoms with Gasteiger partial charge < -0.3 is 24.3 Å². The predicted molar refractivity (Wildman–Crippen MR) is 148 cm³/mol. The van der Waals surface area contributed by atoms with Crippen LogP contribution >= 0.6 is 11.3 Å². The zero-order chi connectivity index (χ0) is 27.1. The van der Waals surface area contributed by atoms with Crippen molar-refractivity contribution in [1.29, 1.82) is 0 Å². The molecule has 1 aliphatic rings. The van der Waals surface area contributed by atoms with Crippen molar-refractivity contribution in [1.82, 2.24) is 4.90 Å². The standard InChI is InChI=1S/C29H34N2O6S/c1-5-35-22-15-20(16-23(36-6-2)26(22)37-7-3)27(32)30-28-25(29(33)34-4)21-13-14-31(18-24(21)38-28)17-19-11-9-8-10-12-19/h8-12,15-16H,5-7,13-14,17-18H2,1-4H3,(H,30,32). The summed E-state index contributed by atoms with van der Waals surface area (Å²) in [6, 6.07) is 13.6. The average molecular weight is 539 g/mol. The Bertz CT molecular complexity index is 1250. The second-order valence-corrected chi connectivity index (χ2v) is 9.81. The summed E-state index contributed by atoms with van der Waals surface area (Å²) < 4.78 is 22.4.